The molecule has 0 fully saturated rings. The first kappa shape index (κ1) is 17.2. The van der Waals surface area contributed by atoms with Crippen LogP contribution in [-0.4, -0.2) is 48.1 Å². The highest BCUT2D eigenvalue weighted by molar-refractivity contribution is 7.11. The summed E-state index contributed by atoms with van der Waals surface area (Å²) >= 11 is 1.68. The normalized spacial score (nSPS) is 14.3. The van der Waals surface area contributed by atoms with Crippen molar-refractivity contribution in [2.24, 2.45) is 0 Å². The predicted octanol–water partition coefficient (Wildman–Crippen LogP) is 2.19. The van der Waals surface area contributed by atoms with Crippen molar-refractivity contribution in [2.45, 2.75) is 26.2 Å². The number of aliphatic hydroxyl groups is 1. The van der Waals surface area contributed by atoms with Crippen molar-refractivity contribution in [2.75, 3.05) is 27.0 Å². The smallest absolute Gasteiger partial charge is 0.231 e. The van der Waals surface area contributed by atoms with E-state index in [1.54, 1.807) is 11.3 Å². The second-order valence-electron chi connectivity index (χ2n) is 5.90. The minimum atomic E-state index is -0.530. The van der Waals surface area contributed by atoms with Crippen molar-refractivity contribution in [3.63, 3.8) is 0 Å². The quantitative estimate of drug-likeness (QED) is 0.787. The molecule has 1 aliphatic heterocycles. The summed E-state index contributed by atoms with van der Waals surface area (Å²) in [6, 6.07) is 5.73. The Morgan fingerprint density at radius 3 is 3.00 bits per heavy atom. The van der Waals surface area contributed by atoms with E-state index in [9.17, 15) is 5.11 Å². The van der Waals surface area contributed by atoms with Gasteiger partial charge in [0.2, 0.25) is 6.79 Å². The first-order chi connectivity index (χ1) is 11.6. The Balaban J connectivity index is 1.38. The molecule has 130 valence electrons. The molecule has 0 aliphatic carbocycles. The largest absolute Gasteiger partial charge is 0.454 e. The van der Waals surface area contributed by atoms with E-state index < -0.39 is 6.10 Å². The lowest BCUT2D eigenvalue weighted by Gasteiger charge is -2.19. The van der Waals surface area contributed by atoms with E-state index in [1.165, 1.54) is 4.88 Å². The highest BCUT2D eigenvalue weighted by Crippen LogP contribution is 2.32. The maximum absolute atomic E-state index is 10.1. The van der Waals surface area contributed by atoms with Gasteiger partial charge in [0.25, 0.3) is 0 Å². The highest BCUT2D eigenvalue weighted by atomic mass is 32.1. The molecule has 7 heteroatoms. The van der Waals surface area contributed by atoms with Gasteiger partial charge in [-0.2, -0.15) is 0 Å². The third-order valence-corrected chi connectivity index (χ3v) is 4.53. The average Bonchev–Trinajstić information content (AvgIpc) is 3.15. The van der Waals surface area contributed by atoms with Gasteiger partial charge in [0.05, 0.1) is 24.3 Å². The molecule has 2 aromatic rings. The summed E-state index contributed by atoms with van der Waals surface area (Å²) in [4.78, 5) is 7.51. The number of hydrogen-bond donors (Lipinski definition) is 1. The van der Waals surface area contributed by atoms with Crippen molar-refractivity contribution in [1.82, 2.24) is 9.88 Å². The van der Waals surface area contributed by atoms with Gasteiger partial charge >= 0.3 is 0 Å². The molecule has 1 aliphatic rings. The van der Waals surface area contributed by atoms with E-state index in [4.69, 9.17) is 14.2 Å². The summed E-state index contributed by atoms with van der Waals surface area (Å²) in [5.74, 6) is 1.51. The maximum atomic E-state index is 10.1. The van der Waals surface area contributed by atoms with Gasteiger partial charge in [-0.05, 0) is 31.7 Å². The van der Waals surface area contributed by atoms with Gasteiger partial charge < -0.3 is 19.3 Å². The molecule has 0 spiro atoms. The van der Waals surface area contributed by atoms with E-state index in [1.807, 2.05) is 38.4 Å². The van der Waals surface area contributed by atoms with Crippen LogP contribution >= 0.6 is 11.3 Å². The number of thiazole rings is 1. The minimum absolute atomic E-state index is 0.268. The zero-order valence-corrected chi connectivity index (χ0v) is 14.7. The number of hydrogen-bond acceptors (Lipinski definition) is 7. The number of aliphatic hydroxyl groups excluding tert-OH is 1. The number of aryl methyl sites for hydroxylation is 1. The molecule has 24 heavy (non-hydrogen) atoms. The van der Waals surface area contributed by atoms with Crippen LogP contribution in [0.1, 0.15) is 15.4 Å². The third-order valence-electron chi connectivity index (χ3n) is 3.63. The van der Waals surface area contributed by atoms with Crippen molar-refractivity contribution in [3.05, 3.63) is 39.8 Å². The zero-order chi connectivity index (χ0) is 16.9. The first-order valence-electron chi connectivity index (χ1n) is 7.84. The lowest BCUT2D eigenvalue weighted by atomic mass is 10.2. The van der Waals surface area contributed by atoms with E-state index in [-0.39, 0.29) is 6.79 Å². The lowest BCUT2D eigenvalue weighted by molar-refractivity contribution is 0.0128. The fraction of sp³-hybridized carbons (Fsp3) is 0.471. The van der Waals surface area contributed by atoms with Gasteiger partial charge in [-0.3, -0.25) is 4.90 Å². The first-order valence-corrected chi connectivity index (χ1v) is 8.66. The van der Waals surface area contributed by atoms with Gasteiger partial charge in [0.1, 0.15) is 0 Å². The Morgan fingerprint density at radius 2 is 2.21 bits per heavy atom. The molecular weight excluding hydrogens is 328 g/mol. The monoisotopic (exact) mass is 350 g/mol. The third kappa shape index (κ3) is 4.67. The summed E-state index contributed by atoms with van der Waals surface area (Å²) < 4.78 is 16.2. The highest BCUT2D eigenvalue weighted by Gasteiger charge is 2.14. The fourth-order valence-corrected chi connectivity index (χ4v) is 3.44. The molecular formula is C17H22N2O4S. The van der Waals surface area contributed by atoms with Gasteiger partial charge in [-0.25, -0.2) is 4.98 Å². The molecule has 0 radical (unpaired) electrons. The molecule has 1 aromatic carbocycles. The Morgan fingerprint density at radius 1 is 1.38 bits per heavy atom. The standard InChI is InChI=1S/C17H22N2O4S/c1-12-18-6-15(24-12)8-19(2)7-14(20)10-21-9-13-3-4-16-17(5-13)23-11-22-16/h3-6,14,20H,7-11H2,1-2H3/t14-/m0/s1. The molecule has 2 heterocycles. The van der Waals surface area contributed by atoms with Crippen molar-refractivity contribution >= 4 is 11.3 Å². The number of rotatable bonds is 8. The topological polar surface area (TPSA) is 64.1 Å². The minimum Gasteiger partial charge on any atom is -0.454 e. The van der Waals surface area contributed by atoms with Crippen LogP contribution in [0.4, 0.5) is 0 Å². The number of nitrogens with zero attached hydrogens (tertiary/aromatic N) is 2. The van der Waals surface area contributed by atoms with Gasteiger partial charge in [0, 0.05) is 24.2 Å². The molecule has 6 nitrogen and oxygen atoms in total. The summed E-state index contributed by atoms with van der Waals surface area (Å²) in [6.45, 7) is 4.33. The number of likely N-dealkylation sites (N-methyl/N-ethyl adjacent to an activating group) is 1. The van der Waals surface area contributed by atoms with Crippen LogP contribution in [0.3, 0.4) is 0 Å². The van der Waals surface area contributed by atoms with E-state index in [0.29, 0.717) is 19.8 Å². The second kappa shape index (κ2) is 7.94. The Bertz CT molecular complexity index is 676. The van der Waals surface area contributed by atoms with Crippen LogP contribution in [0.25, 0.3) is 0 Å². The van der Waals surface area contributed by atoms with Crippen LogP contribution in [0.5, 0.6) is 11.5 Å². The average molecular weight is 350 g/mol. The molecule has 1 N–H and O–H groups in total. The number of fused-ring (bicyclic) bond motifs is 1. The van der Waals surface area contributed by atoms with Crippen LogP contribution in [0.15, 0.2) is 24.4 Å². The molecule has 3 rings (SSSR count). The SMILES string of the molecule is Cc1ncc(CN(C)C[C@H](O)COCc2ccc3c(c2)OCO3)s1. The van der Waals surface area contributed by atoms with Crippen molar-refractivity contribution in [3.8, 4) is 11.5 Å². The number of ether oxygens (including phenoxy) is 3. The van der Waals surface area contributed by atoms with E-state index in [2.05, 4.69) is 9.88 Å². The van der Waals surface area contributed by atoms with Gasteiger partial charge in [-0.1, -0.05) is 6.07 Å². The molecule has 1 atom stereocenters. The summed E-state index contributed by atoms with van der Waals surface area (Å²) in [5, 5.41) is 11.2. The summed E-state index contributed by atoms with van der Waals surface area (Å²) in [5.41, 5.74) is 1.000. The molecule has 0 saturated heterocycles. The van der Waals surface area contributed by atoms with E-state index >= 15 is 0 Å². The Labute approximate surface area is 145 Å². The fourth-order valence-electron chi connectivity index (χ4n) is 2.57. The van der Waals surface area contributed by atoms with Gasteiger partial charge in [0.15, 0.2) is 11.5 Å². The lowest BCUT2D eigenvalue weighted by Crippen LogP contribution is -2.31. The summed E-state index contributed by atoms with van der Waals surface area (Å²) in [6.07, 6.45) is 1.36. The molecule has 0 saturated carbocycles. The van der Waals surface area contributed by atoms with Crippen LogP contribution in [-0.2, 0) is 17.9 Å². The van der Waals surface area contributed by atoms with E-state index in [0.717, 1.165) is 28.6 Å². The van der Waals surface area contributed by atoms with Crippen LogP contribution in [0, 0.1) is 6.92 Å². The van der Waals surface area contributed by atoms with Crippen LogP contribution in [0.2, 0.25) is 0 Å². The molecule has 0 unspecified atom stereocenters. The zero-order valence-electron chi connectivity index (χ0n) is 13.9. The Hall–Kier alpha value is -1.67. The molecule has 0 amide bonds. The maximum Gasteiger partial charge on any atom is 0.231 e. The number of aromatic nitrogens is 1. The molecule has 1 aromatic heterocycles. The van der Waals surface area contributed by atoms with Gasteiger partial charge in [-0.15, -0.1) is 11.3 Å². The second-order valence-corrected chi connectivity index (χ2v) is 7.22. The van der Waals surface area contributed by atoms with Crippen LogP contribution < -0.4 is 9.47 Å². The number of benzene rings is 1. The van der Waals surface area contributed by atoms with Crippen molar-refractivity contribution < 1.29 is 19.3 Å². The Kier molecular flexibility index (Phi) is 5.68. The predicted molar refractivity (Wildman–Crippen MR) is 91.4 cm³/mol. The van der Waals surface area contributed by atoms with Crippen molar-refractivity contribution in [1.29, 1.82) is 0 Å². The summed E-state index contributed by atoms with van der Waals surface area (Å²) in [7, 11) is 1.98. The molecule has 0 bridgehead atoms.